The minimum Gasteiger partial charge on any atom is -0.490 e. The number of unbranched alkanes of at least 4 members (excludes halogenated alkanes) is 3. The highest BCUT2D eigenvalue weighted by Gasteiger charge is 2.28. The van der Waals surface area contributed by atoms with Gasteiger partial charge >= 0.3 is 0 Å². The number of benzene rings is 3. The minimum absolute atomic E-state index is 0.0413. The number of ether oxygens (including phenoxy) is 2. The molecule has 0 unspecified atom stereocenters. The van der Waals surface area contributed by atoms with Gasteiger partial charge in [-0.1, -0.05) is 63.5 Å². The molecule has 0 aliphatic heterocycles. The van der Waals surface area contributed by atoms with Crippen LogP contribution in [-0.4, -0.2) is 13.2 Å². The Labute approximate surface area is 245 Å². The maximum Gasteiger partial charge on any atom is 0.201 e. The number of rotatable bonds is 13. The molecule has 0 heterocycles. The molecule has 226 valence electrons. The van der Waals surface area contributed by atoms with Crippen LogP contribution < -0.4 is 9.47 Å². The summed E-state index contributed by atoms with van der Waals surface area (Å²) in [6.07, 6.45) is 10.1. The lowest BCUT2D eigenvalue weighted by Crippen LogP contribution is -2.15. The van der Waals surface area contributed by atoms with Crippen LogP contribution in [0.4, 0.5) is 22.0 Å². The van der Waals surface area contributed by atoms with Gasteiger partial charge in [0.1, 0.15) is 5.82 Å². The zero-order valence-electron chi connectivity index (χ0n) is 24.3. The van der Waals surface area contributed by atoms with E-state index in [9.17, 15) is 17.6 Å². The van der Waals surface area contributed by atoms with Crippen LogP contribution in [0.3, 0.4) is 0 Å². The van der Waals surface area contributed by atoms with Gasteiger partial charge in [0, 0.05) is 5.56 Å². The summed E-state index contributed by atoms with van der Waals surface area (Å²) < 4.78 is 84.2. The van der Waals surface area contributed by atoms with E-state index < -0.39 is 23.3 Å². The lowest BCUT2D eigenvalue weighted by Gasteiger charge is -2.29. The van der Waals surface area contributed by atoms with Crippen LogP contribution in [0.2, 0.25) is 0 Å². The zero-order chi connectivity index (χ0) is 30.1. The predicted octanol–water partition coefficient (Wildman–Crippen LogP) is 10.7. The van der Waals surface area contributed by atoms with Gasteiger partial charge in [-0.2, -0.15) is 8.78 Å². The molecule has 0 bridgehead atoms. The summed E-state index contributed by atoms with van der Waals surface area (Å²) in [4.78, 5) is 0. The van der Waals surface area contributed by atoms with Crippen molar-refractivity contribution < 1.29 is 31.4 Å². The molecule has 0 aromatic heterocycles. The first-order valence-corrected chi connectivity index (χ1v) is 15.0. The highest BCUT2D eigenvalue weighted by atomic mass is 19.2. The van der Waals surface area contributed by atoms with Crippen molar-refractivity contribution in [3.8, 4) is 11.5 Å². The Bertz CT molecular complexity index is 1360. The maximum absolute atomic E-state index is 15.1. The van der Waals surface area contributed by atoms with Gasteiger partial charge in [-0.15, -0.1) is 0 Å². The predicted molar refractivity (Wildman–Crippen MR) is 157 cm³/mol. The fourth-order valence-electron chi connectivity index (χ4n) is 5.56. The highest BCUT2D eigenvalue weighted by Crippen LogP contribution is 2.43. The summed E-state index contributed by atoms with van der Waals surface area (Å²) in [5.74, 6) is -4.62. The Morgan fingerprint density at radius 2 is 1.24 bits per heavy atom. The second-order valence-electron chi connectivity index (χ2n) is 11.0. The molecule has 1 saturated carbocycles. The third-order valence-electron chi connectivity index (χ3n) is 7.96. The standard InChI is InChI=1S/C35H39F5O2/c1-3-5-6-7-21-42-30-18-15-26(32(37)34(30)39)10-8-23-9-16-27(29(36)22-23)24-11-13-25(14-12-24)28-17-19-31(41-20-4-2)35(40)33(28)38/h8-10,15-19,22,24-25H,3-7,11-14,20-21H2,1-2H3/b10-8+. The Balaban J connectivity index is 1.36. The van der Waals surface area contributed by atoms with Crippen molar-refractivity contribution >= 4 is 12.2 Å². The van der Waals surface area contributed by atoms with Crippen LogP contribution in [0.15, 0.2) is 42.5 Å². The van der Waals surface area contributed by atoms with E-state index >= 15 is 4.39 Å². The molecular formula is C35H39F5O2. The van der Waals surface area contributed by atoms with Gasteiger partial charge in [-0.05, 0) is 91.3 Å². The first-order valence-electron chi connectivity index (χ1n) is 15.0. The van der Waals surface area contributed by atoms with Gasteiger partial charge in [-0.3, -0.25) is 0 Å². The molecule has 0 spiro atoms. The Morgan fingerprint density at radius 3 is 1.90 bits per heavy atom. The SMILES string of the molecule is CCCCCCOc1ccc(/C=C/c2ccc(C3CCC(c4ccc(OCCC)c(F)c4F)CC3)c(F)c2)c(F)c1F. The smallest absolute Gasteiger partial charge is 0.201 e. The third-order valence-corrected chi connectivity index (χ3v) is 7.96. The van der Waals surface area contributed by atoms with Crippen molar-refractivity contribution in [3.63, 3.8) is 0 Å². The molecule has 4 rings (SSSR count). The lowest BCUT2D eigenvalue weighted by molar-refractivity contribution is 0.285. The molecule has 1 aliphatic rings. The fourth-order valence-corrected chi connectivity index (χ4v) is 5.56. The van der Waals surface area contributed by atoms with Crippen LogP contribution in [-0.2, 0) is 0 Å². The average Bonchev–Trinajstić information content (AvgIpc) is 2.99. The van der Waals surface area contributed by atoms with E-state index in [4.69, 9.17) is 9.47 Å². The van der Waals surface area contributed by atoms with E-state index in [2.05, 4.69) is 6.92 Å². The molecule has 2 nitrogen and oxygen atoms in total. The van der Waals surface area contributed by atoms with Crippen LogP contribution in [0.5, 0.6) is 11.5 Å². The molecule has 0 amide bonds. The molecule has 7 heteroatoms. The van der Waals surface area contributed by atoms with Crippen LogP contribution in [0.25, 0.3) is 12.2 Å². The van der Waals surface area contributed by atoms with E-state index in [1.165, 1.54) is 36.4 Å². The molecule has 42 heavy (non-hydrogen) atoms. The van der Waals surface area contributed by atoms with Crippen LogP contribution >= 0.6 is 0 Å². The topological polar surface area (TPSA) is 18.5 Å². The summed E-state index contributed by atoms with van der Waals surface area (Å²) in [5.41, 5.74) is 1.47. The number of hydrogen-bond acceptors (Lipinski definition) is 2. The first kappa shape index (κ1) is 31.6. The Morgan fingerprint density at radius 1 is 0.619 bits per heavy atom. The molecule has 1 fully saturated rings. The molecule has 0 saturated heterocycles. The van der Waals surface area contributed by atoms with Crippen molar-refractivity contribution in [2.45, 2.75) is 83.5 Å². The Kier molecular flexibility index (Phi) is 11.4. The van der Waals surface area contributed by atoms with Gasteiger partial charge in [-0.25, -0.2) is 13.2 Å². The summed E-state index contributed by atoms with van der Waals surface area (Å²) >= 11 is 0. The van der Waals surface area contributed by atoms with Gasteiger partial charge in [0.25, 0.3) is 0 Å². The largest absolute Gasteiger partial charge is 0.490 e. The summed E-state index contributed by atoms with van der Waals surface area (Å²) in [5, 5.41) is 0. The molecular weight excluding hydrogens is 547 g/mol. The van der Waals surface area contributed by atoms with Crippen molar-refractivity contribution in [2.24, 2.45) is 0 Å². The van der Waals surface area contributed by atoms with E-state index in [1.807, 2.05) is 6.92 Å². The van der Waals surface area contributed by atoms with E-state index in [0.29, 0.717) is 62.0 Å². The molecule has 0 atom stereocenters. The van der Waals surface area contributed by atoms with Gasteiger partial charge in [0.15, 0.2) is 23.1 Å². The lowest BCUT2D eigenvalue weighted by atomic mass is 9.76. The molecule has 1 aliphatic carbocycles. The minimum atomic E-state index is -1.03. The monoisotopic (exact) mass is 586 g/mol. The van der Waals surface area contributed by atoms with Gasteiger partial charge in [0.05, 0.1) is 13.2 Å². The summed E-state index contributed by atoms with van der Waals surface area (Å²) in [6, 6.07) is 10.8. The molecule has 3 aromatic carbocycles. The van der Waals surface area contributed by atoms with Crippen molar-refractivity contribution in [3.05, 3.63) is 93.8 Å². The van der Waals surface area contributed by atoms with E-state index in [1.54, 1.807) is 18.2 Å². The first-order chi connectivity index (χ1) is 20.3. The van der Waals surface area contributed by atoms with Crippen molar-refractivity contribution in [1.29, 1.82) is 0 Å². The third kappa shape index (κ3) is 7.73. The van der Waals surface area contributed by atoms with Gasteiger partial charge < -0.3 is 9.47 Å². The molecule has 0 radical (unpaired) electrons. The molecule has 0 N–H and O–H groups in total. The summed E-state index contributed by atoms with van der Waals surface area (Å²) in [7, 11) is 0. The van der Waals surface area contributed by atoms with Crippen LogP contribution in [0.1, 0.15) is 106 Å². The second-order valence-corrected chi connectivity index (χ2v) is 11.0. The van der Waals surface area contributed by atoms with Crippen molar-refractivity contribution in [2.75, 3.05) is 13.2 Å². The normalized spacial score (nSPS) is 17.1. The van der Waals surface area contributed by atoms with Crippen LogP contribution in [0, 0.1) is 29.1 Å². The van der Waals surface area contributed by atoms with Gasteiger partial charge in [0.2, 0.25) is 11.6 Å². The highest BCUT2D eigenvalue weighted by molar-refractivity contribution is 5.70. The number of hydrogen-bond donors (Lipinski definition) is 0. The Hall–Kier alpha value is -3.35. The summed E-state index contributed by atoms with van der Waals surface area (Å²) in [6.45, 7) is 4.63. The van der Waals surface area contributed by atoms with E-state index in [-0.39, 0.29) is 34.7 Å². The maximum atomic E-state index is 15.1. The zero-order valence-corrected chi connectivity index (χ0v) is 24.3. The van der Waals surface area contributed by atoms with Crippen molar-refractivity contribution in [1.82, 2.24) is 0 Å². The quantitative estimate of drug-likeness (QED) is 0.113. The second kappa shape index (κ2) is 15.2. The molecule has 3 aromatic rings. The average molecular weight is 587 g/mol. The van der Waals surface area contributed by atoms with E-state index in [0.717, 1.165) is 25.7 Å². The fraction of sp³-hybridized carbons (Fsp3) is 0.429. The number of halogens is 5.